The highest BCUT2D eigenvalue weighted by atomic mass is 35.5. The topological polar surface area (TPSA) is 86.8 Å². The minimum atomic E-state index is -3.67. The zero-order valence-electron chi connectivity index (χ0n) is 14.9. The second-order valence-electron chi connectivity index (χ2n) is 6.46. The Labute approximate surface area is 159 Å². The van der Waals surface area contributed by atoms with E-state index >= 15 is 0 Å². The number of benzene rings is 1. The van der Waals surface area contributed by atoms with Crippen LogP contribution in [0.15, 0.2) is 29.2 Å². The van der Waals surface area contributed by atoms with E-state index in [9.17, 15) is 18.0 Å². The zero-order valence-corrected chi connectivity index (χ0v) is 16.5. The molecule has 0 aliphatic carbocycles. The molecule has 144 valence electrons. The van der Waals surface area contributed by atoms with Gasteiger partial charge in [0.15, 0.2) is 0 Å². The van der Waals surface area contributed by atoms with Gasteiger partial charge in [0.1, 0.15) is 0 Å². The molecule has 1 N–H and O–H groups in total. The Kier molecular flexibility index (Phi) is 7.02. The van der Waals surface area contributed by atoms with Gasteiger partial charge in [0.05, 0.1) is 4.90 Å². The maximum atomic E-state index is 12.2. The highest BCUT2D eigenvalue weighted by Gasteiger charge is 2.25. The fourth-order valence-electron chi connectivity index (χ4n) is 2.69. The van der Waals surface area contributed by atoms with Crippen LogP contribution >= 0.6 is 11.6 Å². The van der Waals surface area contributed by atoms with E-state index in [0.717, 1.165) is 0 Å². The van der Waals surface area contributed by atoms with Gasteiger partial charge >= 0.3 is 0 Å². The van der Waals surface area contributed by atoms with Crippen molar-refractivity contribution in [2.45, 2.75) is 25.2 Å². The predicted octanol–water partition coefficient (Wildman–Crippen LogP) is 1.34. The summed E-state index contributed by atoms with van der Waals surface area (Å²) in [5.41, 5.74) is 0. The molecule has 0 spiro atoms. The van der Waals surface area contributed by atoms with E-state index < -0.39 is 10.0 Å². The lowest BCUT2D eigenvalue weighted by Crippen LogP contribution is -2.51. The number of rotatable bonds is 6. The van der Waals surface area contributed by atoms with E-state index in [1.54, 1.807) is 9.80 Å². The first-order chi connectivity index (χ1) is 12.2. The lowest BCUT2D eigenvalue weighted by Gasteiger charge is -2.35. The van der Waals surface area contributed by atoms with Gasteiger partial charge < -0.3 is 9.80 Å². The lowest BCUT2D eigenvalue weighted by molar-refractivity contribution is -0.141. The van der Waals surface area contributed by atoms with Crippen LogP contribution in [-0.2, 0) is 19.6 Å². The van der Waals surface area contributed by atoms with Gasteiger partial charge in [0.25, 0.3) is 0 Å². The second-order valence-corrected chi connectivity index (χ2v) is 8.67. The van der Waals surface area contributed by atoms with Gasteiger partial charge in [-0.2, -0.15) is 0 Å². The summed E-state index contributed by atoms with van der Waals surface area (Å²) in [6.07, 6.45) is 0.0744. The molecule has 1 aromatic rings. The van der Waals surface area contributed by atoms with Gasteiger partial charge in [0.2, 0.25) is 21.8 Å². The number of carbonyl (C=O) groups excluding carboxylic acids is 2. The Bertz CT molecular complexity index is 742. The Balaban J connectivity index is 1.79. The molecule has 2 amide bonds. The van der Waals surface area contributed by atoms with Crippen molar-refractivity contribution in [3.8, 4) is 0 Å². The fourth-order valence-corrected chi connectivity index (χ4v) is 3.85. The maximum Gasteiger partial charge on any atom is 0.240 e. The van der Waals surface area contributed by atoms with Crippen molar-refractivity contribution in [2.24, 2.45) is 5.92 Å². The molecule has 0 aromatic heterocycles. The number of hydrogen-bond acceptors (Lipinski definition) is 4. The van der Waals surface area contributed by atoms with Crippen LogP contribution in [0.4, 0.5) is 0 Å². The molecule has 1 aliphatic rings. The van der Waals surface area contributed by atoms with Crippen LogP contribution in [0.25, 0.3) is 0 Å². The molecule has 1 aromatic carbocycles. The van der Waals surface area contributed by atoms with Gasteiger partial charge in [-0.25, -0.2) is 13.1 Å². The first-order valence-electron chi connectivity index (χ1n) is 8.52. The zero-order chi connectivity index (χ0) is 19.3. The molecule has 0 radical (unpaired) electrons. The molecule has 9 heteroatoms. The van der Waals surface area contributed by atoms with Crippen LogP contribution in [0.3, 0.4) is 0 Å². The average molecular weight is 402 g/mol. The predicted molar refractivity (Wildman–Crippen MR) is 99.3 cm³/mol. The number of sulfonamides is 1. The van der Waals surface area contributed by atoms with Crippen LogP contribution in [-0.4, -0.2) is 62.8 Å². The normalized spacial score (nSPS) is 15.4. The fraction of sp³-hybridized carbons (Fsp3) is 0.529. The van der Waals surface area contributed by atoms with Crippen LogP contribution in [0.5, 0.6) is 0 Å². The maximum absolute atomic E-state index is 12.2. The quantitative estimate of drug-likeness (QED) is 0.779. The molecular formula is C17H24ClN3O4S. The summed E-state index contributed by atoms with van der Waals surface area (Å²) in [4.78, 5) is 27.7. The molecule has 7 nitrogen and oxygen atoms in total. The summed E-state index contributed by atoms with van der Waals surface area (Å²) >= 11 is 5.75. The van der Waals surface area contributed by atoms with Crippen molar-refractivity contribution >= 4 is 33.4 Å². The molecule has 1 fully saturated rings. The van der Waals surface area contributed by atoms with E-state index in [1.165, 1.54) is 24.3 Å². The van der Waals surface area contributed by atoms with Gasteiger partial charge in [-0.15, -0.1) is 0 Å². The van der Waals surface area contributed by atoms with Crippen molar-refractivity contribution in [3.63, 3.8) is 0 Å². The largest absolute Gasteiger partial charge is 0.339 e. The monoisotopic (exact) mass is 401 g/mol. The van der Waals surface area contributed by atoms with Crippen molar-refractivity contribution in [1.29, 1.82) is 0 Å². The SMILES string of the molecule is CC(C)C(=O)N1CCN(C(=O)CCNS(=O)(=O)c2ccc(Cl)cc2)CC1. The van der Waals surface area contributed by atoms with E-state index in [4.69, 9.17) is 11.6 Å². The highest BCUT2D eigenvalue weighted by Crippen LogP contribution is 2.14. The molecule has 0 bridgehead atoms. The smallest absolute Gasteiger partial charge is 0.240 e. The first-order valence-corrected chi connectivity index (χ1v) is 10.4. The Morgan fingerprint density at radius 3 is 2.15 bits per heavy atom. The standard InChI is InChI=1S/C17H24ClN3O4S/c1-13(2)17(23)21-11-9-20(10-12-21)16(22)7-8-19-26(24,25)15-5-3-14(18)4-6-15/h3-6,13,19H,7-12H2,1-2H3. The number of amides is 2. The molecule has 1 aliphatic heterocycles. The summed E-state index contributed by atoms with van der Waals surface area (Å²) in [7, 11) is -3.67. The number of carbonyl (C=O) groups is 2. The number of hydrogen-bond donors (Lipinski definition) is 1. The molecular weight excluding hydrogens is 378 g/mol. The van der Waals surface area contributed by atoms with Gasteiger partial charge in [-0.05, 0) is 24.3 Å². The summed E-state index contributed by atoms with van der Waals surface area (Å²) < 4.78 is 26.7. The van der Waals surface area contributed by atoms with E-state index in [-0.39, 0.29) is 35.6 Å². The molecule has 2 rings (SSSR count). The minimum Gasteiger partial charge on any atom is -0.339 e. The summed E-state index contributed by atoms with van der Waals surface area (Å²) in [6.45, 7) is 5.70. The van der Waals surface area contributed by atoms with Crippen LogP contribution < -0.4 is 4.72 Å². The van der Waals surface area contributed by atoms with E-state index in [2.05, 4.69) is 4.72 Å². The van der Waals surface area contributed by atoms with Crippen LogP contribution in [0, 0.1) is 5.92 Å². The van der Waals surface area contributed by atoms with Gasteiger partial charge in [-0.1, -0.05) is 25.4 Å². The van der Waals surface area contributed by atoms with Crippen molar-refractivity contribution in [2.75, 3.05) is 32.7 Å². The number of piperazine rings is 1. The van der Waals surface area contributed by atoms with Crippen LogP contribution in [0.1, 0.15) is 20.3 Å². The highest BCUT2D eigenvalue weighted by molar-refractivity contribution is 7.89. The molecule has 0 atom stereocenters. The first kappa shape index (κ1) is 20.7. The summed E-state index contributed by atoms with van der Waals surface area (Å²) in [5.74, 6) is -0.0900. The summed E-state index contributed by atoms with van der Waals surface area (Å²) in [5, 5.41) is 0.453. The van der Waals surface area contributed by atoms with Crippen LogP contribution in [0.2, 0.25) is 5.02 Å². The molecule has 0 unspecified atom stereocenters. The number of nitrogens with one attached hydrogen (secondary N) is 1. The Morgan fingerprint density at radius 2 is 1.62 bits per heavy atom. The average Bonchev–Trinajstić information content (AvgIpc) is 2.61. The second kappa shape index (κ2) is 8.83. The van der Waals surface area contributed by atoms with Crippen molar-refractivity contribution in [3.05, 3.63) is 29.3 Å². The molecule has 1 heterocycles. The van der Waals surface area contributed by atoms with E-state index in [0.29, 0.717) is 31.2 Å². The Hall–Kier alpha value is -1.64. The minimum absolute atomic E-state index is 0.0228. The van der Waals surface area contributed by atoms with E-state index in [1.807, 2.05) is 13.8 Å². The third-order valence-corrected chi connectivity index (χ3v) is 5.92. The number of nitrogens with zero attached hydrogens (tertiary/aromatic N) is 2. The molecule has 1 saturated heterocycles. The molecule has 26 heavy (non-hydrogen) atoms. The van der Waals surface area contributed by atoms with Crippen molar-refractivity contribution in [1.82, 2.24) is 14.5 Å². The lowest BCUT2D eigenvalue weighted by atomic mass is 10.1. The third-order valence-electron chi connectivity index (χ3n) is 4.19. The van der Waals surface area contributed by atoms with Crippen molar-refractivity contribution < 1.29 is 18.0 Å². The van der Waals surface area contributed by atoms with Gasteiger partial charge in [-0.3, -0.25) is 9.59 Å². The summed E-state index contributed by atoms with van der Waals surface area (Å²) in [6, 6.07) is 5.83. The third kappa shape index (κ3) is 5.43. The number of halogens is 1. The molecule has 0 saturated carbocycles. The van der Waals surface area contributed by atoms with Gasteiger partial charge in [0, 0.05) is 50.1 Å². The Morgan fingerprint density at radius 1 is 1.08 bits per heavy atom.